The number of nitrogens with one attached hydrogen (secondary N) is 2. The summed E-state index contributed by atoms with van der Waals surface area (Å²) >= 11 is 4.20. The summed E-state index contributed by atoms with van der Waals surface area (Å²) < 4.78 is 0. The zero-order valence-electron chi connectivity index (χ0n) is 19.2. The monoisotopic (exact) mass is 415 g/mol. The molecule has 0 bridgehead atoms. The maximum absolute atomic E-state index is 11.7. The zero-order chi connectivity index (χ0) is 20.7. The van der Waals surface area contributed by atoms with Gasteiger partial charge in [-0.15, -0.1) is 0 Å². The molecular formula is C24H51N2OS+. The highest BCUT2D eigenvalue weighted by Crippen LogP contribution is 2.12. The summed E-state index contributed by atoms with van der Waals surface area (Å²) in [5.74, 6) is 1.19. The van der Waals surface area contributed by atoms with Gasteiger partial charge in [0.1, 0.15) is 0 Å². The molecule has 0 aliphatic carbocycles. The third-order valence-electron chi connectivity index (χ3n) is 5.77. The first kappa shape index (κ1) is 27.8. The van der Waals surface area contributed by atoms with Gasteiger partial charge in [0.2, 0.25) is 5.91 Å². The van der Waals surface area contributed by atoms with E-state index < -0.39 is 0 Å². The maximum Gasteiger partial charge on any atom is 0.219 e. The van der Waals surface area contributed by atoms with E-state index in [0.29, 0.717) is 6.42 Å². The number of carbonyl (C=O) groups is 1. The quantitative estimate of drug-likeness (QED) is 0.165. The molecule has 0 spiro atoms. The van der Waals surface area contributed by atoms with Crippen molar-refractivity contribution in [1.82, 2.24) is 5.32 Å². The van der Waals surface area contributed by atoms with Crippen molar-refractivity contribution in [1.29, 1.82) is 0 Å². The number of thiol groups is 1. The summed E-state index contributed by atoms with van der Waals surface area (Å²) in [6.07, 6.45) is 21.8. The van der Waals surface area contributed by atoms with Crippen molar-refractivity contribution in [2.45, 2.75) is 116 Å². The highest BCUT2D eigenvalue weighted by atomic mass is 32.1. The summed E-state index contributed by atoms with van der Waals surface area (Å²) in [5.41, 5.74) is 0. The Kier molecular flexibility index (Phi) is 22.9. The second-order valence-electron chi connectivity index (χ2n) is 8.54. The lowest BCUT2D eigenvalue weighted by Crippen LogP contribution is -3.08. The minimum absolute atomic E-state index is 0.240. The number of unbranched alkanes of at least 4 members (excludes halogenated alkanes) is 14. The van der Waals surface area contributed by atoms with Gasteiger partial charge >= 0.3 is 0 Å². The van der Waals surface area contributed by atoms with Crippen LogP contribution in [-0.2, 0) is 4.79 Å². The zero-order valence-corrected chi connectivity index (χ0v) is 20.1. The highest BCUT2D eigenvalue weighted by molar-refractivity contribution is 7.80. The number of hydrogen-bond acceptors (Lipinski definition) is 2. The van der Waals surface area contributed by atoms with Gasteiger partial charge < -0.3 is 10.2 Å². The standard InChI is InChI=1S/C24H50N2OS/c1-3-26(2)22-18-14-12-10-8-6-4-5-7-9-11-13-16-20-24(27)25-21-17-15-19-23-28/h28H,3-23H2,1-2H3,(H,25,27)/p+1. The number of hydrogen-bond donors (Lipinski definition) is 3. The van der Waals surface area contributed by atoms with Crippen LogP contribution in [-0.4, -0.2) is 38.3 Å². The second kappa shape index (κ2) is 23.1. The Morgan fingerprint density at radius 2 is 1.18 bits per heavy atom. The molecule has 0 aliphatic rings. The molecule has 0 fully saturated rings. The van der Waals surface area contributed by atoms with Gasteiger partial charge in [0, 0.05) is 13.0 Å². The minimum Gasteiger partial charge on any atom is -0.356 e. The van der Waals surface area contributed by atoms with Crippen LogP contribution >= 0.6 is 12.6 Å². The predicted octanol–water partition coefficient (Wildman–Crippen LogP) is 5.20. The van der Waals surface area contributed by atoms with E-state index >= 15 is 0 Å². The van der Waals surface area contributed by atoms with Gasteiger partial charge in [0.15, 0.2) is 0 Å². The first-order valence-corrected chi connectivity index (χ1v) is 13.0. The summed E-state index contributed by atoms with van der Waals surface area (Å²) in [6.45, 7) is 5.71. The molecule has 0 aliphatic heterocycles. The van der Waals surface area contributed by atoms with Gasteiger partial charge in [-0.05, 0) is 44.8 Å². The van der Waals surface area contributed by atoms with Crippen molar-refractivity contribution in [3.8, 4) is 0 Å². The van der Waals surface area contributed by atoms with E-state index in [2.05, 4.69) is 31.9 Å². The van der Waals surface area contributed by atoms with Crippen molar-refractivity contribution < 1.29 is 9.69 Å². The van der Waals surface area contributed by atoms with Gasteiger partial charge in [-0.1, -0.05) is 70.6 Å². The third kappa shape index (κ3) is 22.1. The van der Waals surface area contributed by atoms with Crippen molar-refractivity contribution in [3.05, 3.63) is 0 Å². The van der Waals surface area contributed by atoms with Crippen molar-refractivity contribution in [2.24, 2.45) is 0 Å². The van der Waals surface area contributed by atoms with Crippen LogP contribution in [0.4, 0.5) is 0 Å². The van der Waals surface area contributed by atoms with Gasteiger partial charge in [-0.25, -0.2) is 0 Å². The lowest BCUT2D eigenvalue weighted by molar-refractivity contribution is -0.877. The molecule has 2 N–H and O–H groups in total. The lowest BCUT2D eigenvalue weighted by atomic mass is 10.0. The molecule has 0 saturated heterocycles. The van der Waals surface area contributed by atoms with E-state index in [0.717, 1.165) is 31.6 Å². The van der Waals surface area contributed by atoms with E-state index in [1.807, 2.05) is 0 Å². The summed E-state index contributed by atoms with van der Waals surface area (Å²) in [5, 5.41) is 3.03. The fourth-order valence-corrected chi connectivity index (χ4v) is 3.79. The summed E-state index contributed by atoms with van der Waals surface area (Å²) in [4.78, 5) is 13.4. The molecule has 168 valence electrons. The van der Waals surface area contributed by atoms with E-state index in [9.17, 15) is 4.79 Å². The molecule has 0 aromatic heterocycles. The third-order valence-corrected chi connectivity index (χ3v) is 6.08. The Balaban J connectivity index is 3.12. The van der Waals surface area contributed by atoms with Crippen LogP contribution in [0.3, 0.4) is 0 Å². The summed E-state index contributed by atoms with van der Waals surface area (Å²) in [7, 11) is 2.30. The van der Waals surface area contributed by atoms with Gasteiger partial charge in [-0.3, -0.25) is 4.79 Å². The van der Waals surface area contributed by atoms with Crippen LogP contribution in [0.5, 0.6) is 0 Å². The maximum atomic E-state index is 11.7. The Labute approximate surface area is 182 Å². The molecule has 1 unspecified atom stereocenters. The van der Waals surface area contributed by atoms with E-state index in [-0.39, 0.29) is 5.91 Å². The van der Waals surface area contributed by atoms with Crippen LogP contribution in [0.2, 0.25) is 0 Å². The molecule has 3 nitrogen and oxygen atoms in total. The van der Waals surface area contributed by atoms with Crippen molar-refractivity contribution in [2.75, 3.05) is 32.4 Å². The first-order valence-electron chi connectivity index (χ1n) is 12.4. The number of amides is 1. The van der Waals surface area contributed by atoms with Gasteiger partial charge in [0.05, 0.1) is 20.1 Å². The van der Waals surface area contributed by atoms with Crippen LogP contribution in [0.15, 0.2) is 0 Å². The van der Waals surface area contributed by atoms with E-state index in [4.69, 9.17) is 0 Å². The Hall–Kier alpha value is -0.220. The second-order valence-corrected chi connectivity index (χ2v) is 8.99. The molecule has 0 aromatic carbocycles. The van der Waals surface area contributed by atoms with Crippen LogP contribution in [0, 0.1) is 0 Å². The molecule has 1 amide bonds. The Morgan fingerprint density at radius 1 is 0.714 bits per heavy atom. The molecule has 0 heterocycles. The molecule has 0 rings (SSSR count). The van der Waals surface area contributed by atoms with Gasteiger partial charge in [0.25, 0.3) is 0 Å². The lowest BCUT2D eigenvalue weighted by Gasteiger charge is -2.10. The molecule has 0 saturated carbocycles. The Morgan fingerprint density at radius 3 is 1.68 bits per heavy atom. The SMILES string of the molecule is CC[NH+](C)CCCCCCCCCCCCCCCC(=O)NCCCCCS. The average Bonchev–Trinajstić information content (AvgIpc) is 2.70. The number of carbonyl (C=O) groups excluding carboxylic acids is 1. The highest BCUT2D eigenvalue weighted by Gasteiger charge is 2.01. The first-order chi connectivity index (χ1) is 13.7. The fraction of sp³-hybridized carbons (Fsp3) is 0.958. The van der Waals surface area contributed by atoms with Gasteiger partial charge in [-0.2, -0.15) is 12.6 Å². The van der Waals surface area contributed by atoms with Crippen LogP contribution in [0.25, 0.3) is 0 Å². The van der Waals surface area contributed by atoms with Crippen molar-refractivity contribution >= 4 is 18.5 Å². The van der Waals surface area contributed by atoms with E-state index in [1.54, 1.807) is 4.90 Å². The largest absolute Gasteiger partial charge is 0.356 e. The molecule has 4 heteroatoms. The summed E-state index contributed by atoms with van der Waals surface area (Å²) in [6, 6.07) is 0. The molecule has 1 atom stereocenters. The Bertz CT molecular complexity index is 326. The smallest absolute Gasteiger partial charge is 0.219 e. The van der Waals surface area contributed by atoms with Crippen molar-refractivity contribution in [3.63, 3.8) is 0 Å². The molecule has 0 aromatic rings. The average molecular weight is 416 g/mol. The minimum atomic E-state index is 0.240. The molecule has 28 heavy (non-hydrogen) atoms. The number of quaternary nitrogens is 1. The number of rotatable bonds is 22. The van der Waals surface area contributed by atoms with Crippen LogP contribution in [0.1, 0.15) is 116 Å². The normalized spacial score (nSPS) is 12.2. The molecular weight excluding hydrogens is 364 g/mol. The fourth-order valence-electron chi connectivity index (χ4n) is 3.56. The molecule has 0 radical (unpaired) electrons. The predicted molar refractivity (Wildman–Crippen MR) is 128 cm³/mol. The van der Waals surface area contributed by atoms with E-state index in [1.165, 1.54) is 96.6 Å². The van der Waals surface area contributed by atoms with Crippen LogP contribution < -0.4 is 10.2 Å². The topological polar surface area (TPSA) is 33.5 Å².